The van der Waals surface area contributed by atoms with Crippen LogP contribution in [-0.2, 0) is 10.2 Å². The molecular weight excluding hydrogens is 562 g/mol. The van der Waals surface area contributed by atoms with Crippen LogP contribution in [0.25, 0.3) is 16.9 Å². The summed E-state index contributed by atoms with van der Waals surface area (Å²) < 4.78 is 1.69. The Labute approximate surface area is 255 Å². The van der Waals surface area contributed by atoms with E-state index in [1.807, 2.05) is 55.6 Å². The van der Waals surface area contributed by atoms with E-state index in [0.29, 0.717) is 35.2 Å². The Morgan fingerprint density at radius 3 is 2.47 bits per heavy atom. The number of amides is 4. The molecule has 0 radical (unpaired) electrons. The lowest BCUT2D eigenvalue weighted by atomic mass is 9.93. The van der Waals surface area contributed by atoms with E-state index < -0.39 is 11.6 Å². The fourth-order valence-corrected chi connectivity index (χ4v) is 6.19. The standard InChI is InChI=1S/C32H37N7O3S/c1-20-9-11-22(17-23(20)21-10-12-26(33-19-21)39-14-8-13-34-39)35-30(42)36-27-24(18-25(43-27)31(2,3)4)28(40)38-16-15-37(7)29(41)32(38,5)6/h8-14,17-19H,15-16H2,1-7H3,(H2,35,36,42). The first-order valence-electron chi connectivity index (χ1n) is 14.1. The van der Waals surface area contributed by atoms with Crippen molar-refractivity contribution >= 4 is 39.9 Å². The zero-order valence-corrected chi connectivity index (χ0v) is 26.4. The van der Waals surface area contributed by atoms with Crippen LogP contribution in [0.2, 0.25) is 0 Å². The van der Waals surface area contributed by atoms with Gasteiger partial charge in [-0.1, -0.05) is 26.8 Å². The number of nitrogens with zero attached hydrogens (tertiary/aromatic N) is 5. The summed E-state index contributed by atoms with van der Waals surface area (Å²) in [5, 5.41) is 10.5. The minimum Gasteiger partial charge on any atom is -0.342 e. The number of aromatic nitrogens is 3. The molecule has 10 nitrogen and oxygen atoms in total. The summed E-state index contributed by atoms with van der Waals surface area (Å²) in [6.07, 6.45) is 5.32. The maximum atomic E-state index is 13.9. The number of likely N-dealkylation sites (N-methyl/N-ethyl adjacent to an activating group) is 1. The summed E-state index contributed by atoms with van der Waals surface area (Å²) in [6.45, 7) is 12.6. The van der Waals surface area contributed by atoms with Crippen LogP contribution < -0.4 is 10.6 Å². The SMILES string of the molecule is Cc1ccc(NC(=O)Nc2sc(C(C)(C)C)cc2C(=O)N2CCN(C)C(=O)C2(C)C)cc1-c1ccc(-n2cccn2)nc1. The van der Waals surface area contributed by atoms with E-state index in [-0.39, 0.29) is 17.2 Å². The number of hydrogen-bond acceptors (Lipinski definition) is 6. The molecule has 5 rings (SSSR count). The molecule has 1 aromatic carbocycles. The van der Waals surface area contributed by atoms with Crippen molar-refractivity contribution in [3.63, 3.8) is 0 Å². The van der Waals surface area contributed by atoms with Crippen molar-refractivity contribution < 1.29 is 14.4 Å². The number of hydrogen-bond donors (Lipinski definition) is 2. The lowest BCUT2D eigenvalue weighted by molar-refractivity contribution is -0.144. The average Bonchev–Trinajstić information content (AvgIpc) is 3.64. The third-order valence-corrected chi connectivity index (χ3v) is 9.15. The molecule has 3 aromatic heterocycles. The molecule has 0 unspecified atom stereocenters. The average molecular weight is 600 g/mol. The van der Waals surface area contributed by atoms with Crippen molar-refractivity contribution in [3.05, 3.63) is 77.1 Å². The number of thiophene rings is 1. The highest BCUT2D eigenvalue weighted by atomic mass is 32.1. The number of benzene rings is 1. The second-order valence-corrected chi connectivity index (χ2v) is 13.4. The predicted octanol–water partition coefficient (Wildman–Crippen LogP) is 5.94. The predicted molar refractivity (Wildman–Crippen MR) is 170 cm³/mol. The maximum absolute atomic E-state index is 13.9. The number of nitrogens with one attached hydrogen (secondary N) is 2. The van der Waals surface area contributed by atoms with Gasteiger partial charge in [-0.3, -0.25) is 14.9 Å². The van der Waals surface area contributed by atoms with Gasteiger partial charge in [-0.25, -0.2) is 14.5 Å². The number of carbonyl (C=O) groups is 3. The quantitative estimate of drug-likeness (QED) is 0.295. The second kappa shape index (κ2) is 11.3. The Kier molecular flexibility index (Phi) is 7.87. The highest BCUT2D eigenvalue weighted by Gasteiger charge is 2.44. The molecule has 2 N–H and O–H groups in total. The molecule has 4 aromatic rings. The van der Waals surface area contributed by atoms with E-state index >= 15 is 0 Å². The van der Waals surface area contributed by atoms with Crippen LogP contribution >= 0.6 is 11.3 Å². The highest BCUT2D eigenvalue weighted by molar-refractivity contribution is 7.16. The fourth-order valence-electron chi connectivity index (χ4n) is 5.09. The van der Waals surface area contributed by atoms with E-state index in [9.17, 15) is 14.4 Å². The second-order valence-electron chi connectivity index (χ2n) is 12.3. The maximum Gasteiger partial charge on any atom is 0.324 e. The van der Waals surface area contributed by atoms with Crippen LogP contribution in [0.1, 0.15) is 55.4 Å². The molecule has 1 saturated heterocycles. The normalized spacial score (nSPS) is 15.0. The van der Waals surface area contributed by atoms with E-state index in [4.69, 9.17) is 0 Å². The minimum atomic E-state index is -1.00. The van der Waals surface area contributed by atoms with Crippen LogP contribution in [0.4, 0.5) is 15.5 Å². The van der Waals surface area contributed by atoms with Crippen molar-refractivity contribution in [1.82, 2.24) is 24.6 Å². The monoisotopic (exact) mass is 599 g/mol. The molecule has 4 amide bonds. The van der Waals surface area contributed by atoms with Crippen molar-refractivity contribution in [2.24, 2.45) is 0 Å². The lowest BCUT2D eigenvalue weighted by Gasteiger charge is -2.44. The molecule has 0 atom stereocenters. The van der Waals surface area contributed by atoms with Crippen molar-refractivity contribution in [1.29, 1.82) is 0 Å². The number of anilines is 2. The molecule has 4 heterocycles. The van der Waals surface area contributed by atoms with E-state index in [1.54, 1.807) is 47.8 Å². The molecule has 0 bridgehead atoms. The number of piperazine rings is 1. The van der Waals surface area contributed by atoms with Gasteiger partial charge in [0.05, 0.1) is 5.56 Å². The van der Waals surface area contributed by atoms with E-state index in [1.165, 1.54) is 11.3 Å². The van der Waals surface area contributed by atoms with Crippen molar-refractivity contribution in [2.45, 2.75) is 52.5 Å². The summed E-state index contributed by atoms with van der Waals surface area (Å²) in [7, 11) is 1.74. The summed E-state index contributed by atoms with van der Waals surface area (Å²) in [5.74, 6) is 0.310. The zero-order valence-electron chi connectivity index (χ0n) is 25.6. The Balaban J connectivity index is 1.38. The van der Waals surface area contributed by atoms with Crippen molar-refractivity contribution in [2.75, 3.05) is 30.8 Å². The Morgan fingerprint density at radius 2 is 1.81 bits per heavy atom. The highest BCUT2D eigenvalue weighted by Crippen LogP contribution is 2.38. The van der Waals surface area contributed by atoms with Gasteiger partial charge >= 0.3 is 6.03 Å². The lowest BCUT2D eigenvalue weighted by Crippen LogP contribution is -2.63. The Morgan fingerprint density at radius 1 is 1.05 bits per heavy atom. The van der Waals surface area contributed by atoms with E-state index in [2.05, 4.69) is 41.5 Å². The molecule has 0 aliphatic carbocycles. The van der Waals surface area contributed by atoms with Crippen LogP contribution in [0.5, 0.6) is 0 Å². The zero-order chi connectivity index (χ0) is 31.1. The number of aryl methyl sites for hydroxylation is 1. The molecule has 1 fully saturated rings. The van der Waals surface area contributed by atoms with Crippen LogP contribution in [-0.4, -0.2) is 68.1 Å². The third kappa shape index (κ3) is 6.03. The first kappa shape index (κ1) is 30.0. The molecule has 0 saturated carbocycles. The first-order valence-corrected chi connectivity index (χ1v) is 14.9. The molecule has 1 aliphatic heterocycles. The summed E-state index contributed by atoms with van der Waals surface area (Å²) in [6, 6.07) is 12.8. The number of rotatable bonds is 5. The van der Waals surface area contributed by atoms with E-state index in [0.717, 1.165) is 21.6 Å². The van der Waals surface area contributed by atoms with Gasteiger partial charge in [0.25, 0.3) is 5.91 Å². The molecule has 1 aliphatic rings. The summed E-state index contributed by atoms with van der Waals surface area (Å²) in [5.41, 5.74) is 2.60. The van der Waals surface area contributed by atoms with Gasteiger partial charge < -0.3 is 15.1 Å². The number of pyridine rings is 1. The smallest absolute Gasteiger partial charge is 0.324 e. The van der Waals surface area contributed by atoms with Gasteiger partial charge in [0.15, 0.2) is 5.82 Å². The van der Waals surface area contributed by atoms with Crippen LogP contribution in [0, 0.1) is 6.92 Å². The Bertz CT molecular complexity index is 1670. The van der Waals surface area contributed by atoms with Crippen LogP contribution in [0.3, 0.4) is 0 Å². The number of urea groups is 1. The summed E-state index contributed by atoms with van der Waals surface area (Å²) >= 11 is 1.37. The van der Waals surface area contributed by atoms with Gasteiger partial charge in [-0.2, -0.15) is 5.10 Å². The van der Waals surface area contributed by atoms with Gasteiger partial charge in [0.1, 0.15) is 10.5 Å². The van der Waals surface area contributed by atoms with Crippen LogP contribution in [0.15, 0.2) is 61.1 Å². The molecular formula is C32H37N7O3S. The number of carbonyl (C=O) groups excluding carboxylic acids is 3. The van der Waals surface area contributed by atoms with Gasteiger partial charge in [-0.15, -0.1) is 11.3 Å². The largest absolute Gasteiger partial charge is 0.342 e. The van der Waals surface area contributed by atoms with Gasteiger partial charge in [0, 0.05) is 54.9 Å². The fraction of sp³-hybridized carbons (Fsp3) is 0.344. The molecule has 0 spiro atoms. The minimum absolute atomic E-state index is 0.118. The van der Waals surface area contributed by atoms with Gasteiger partial charge in [0.2, 0.25) is 5.91 Å². The summed E-state index contributed by atoms with van der Waals surface area (Å²) in [4.78, 5) is 48.8. The third-order valence-electron chi connectivity index (χ3n) is 7.67. The topological polar surface area (TPSA) is 112 Å². The molecule has 224 valence electrons. The molecule has 11 heteroatoms. The first-order chi connectivity index (χ1) is 20.3. The molecule has 43 heavy (non-hydrogen) atoms. The van der Waals surface area contributed by atoms with Crippen molar-refractivity contribution in [3.8, 4) is 16.9 Å². The Hall–Kier alpha value is -4.51. The van der Waals surface area contributed by atoms with Gasteiger partial charge in [-0.05, 0) is 73.7 Å².